The van der Waals surface area contributed by atoms with Crippen LogP contribution in [0.3, 0.4) is 0 Å². The molecule has 0 fully saturated rings. The Balaban J connectivity index is 1.48. The Bertz CT molecular complexity index is 895. The van der Waals surface area contributed by atoms with E-state index in [0.29, 0.717) is 12.1 Å². The number of hydrogen-bond acceptors (Lipinski definition) is 5. The lowest BCUT2D eigenvalue weighted by Crippen LogP contribution is -2.25. The Morgan fingerprint density at radius 2 is 1.86 bits per heavy atom. The van der Waals surface area contributed by atoms with E-state index in [1.165, 1.54) is 15.3 Å². The summed E-state index contributed by atoms with van der Waals surface area (Å²) in [6.07, 6.45) is 0.833. The lowest BCUT2D eigenvalue weighted by molar-refractivity contribution is 0.0954. The van der Waals surface area contributed by atoms with Crippen LogP contribution in [0.5, 0.6) is 0 Å². The third-order valence-electron chi connectivity index (χ3n) is 4.71. The topological polar surface area (TPSA) is 45.2 Å². The Labute approximate surface area is 175 Å². The first-order valence-electron chi connectivity index (χ1n) is 9.69. The van der Waals surface area contributed by atoms with Gasteiger partial charge < -0.3 is 5.32 Å². The zero-order valence-electron chi connectivity index (χ0n) is 16.7. The standard InChI is InChI=1S/C22H27N3OS2/c1-4-25(5-2)14-17-6-8-18(9-7-17)22(26)23-13-12-19-10-11-21(28-19)20-15-27-16(3)24-20/h6-11,15H,4-5,12-14H2,1-3H3,(H,23,26). The summed E-state index contributed by atoms with van der Waals surface area (Å²) >= 11 is 3.42. The zero-order chi connectivity index (χ0) is 19.9. The predicted octanol–water partition coefficient (Wildman–Crippen LogP) is 4.99. The maximum atomic E-state index is 12.4. The number of carbonyl (C=O) groups is 1. The van der Waals surface area contributed by atoms with Gasteiger partial charge >= 0.3 is 0 Å². The molecule has 4 nitrogen and oxygen atoms in total. The predicted molar refractivity (Wildman–Crippen MR) is 119 cm³/mol. The number of aromatic nitrogens is 1. The van der Waals surface area contributed by atoms with E-state index in [9.17, 15) is 4.79 Å². The molecule has 3 rings (SSSR count). The summed E-state index contributed by atoms with van der Waals surface area (Å²) in [7, 11) is 0. The highest BCUT2D eigenvalue weighted by molar-refractivity contribution is 7.16. The lowest BCUT2D eigenvalue weighted by atomic mass is 10.1. The summed E-state index contributed by atoms with van der Waals surface area (Å²) in [5, 5.41) is 6.20. The van der Waals surface area contributed by atoms with Crippen molar-refractivity contribution in [2.24, 2.45) is 0 Å². The molecule has 0 bridgehead atoms. The Morgan fingerprint density at radius 3 is 2.50 bits per heavy atom. The van der Waals surface area contributed by atoms with Gasteiger partial charge in [0.15, 0.2) is 0 Å². The number of thiazole rings is 1. The minimum atomic E-state index is -0.0127. The fourth-order valence-corrected chi connectivity index (χ4v) is 4.65. The van der Waals surface area contributed by atoms with E-state index >= 15 is 0 Å². The van der Waals surface area contributed by atoms with Gasteiger partial charge in [-0.3, -0.25) is 9.69 Å². The van der Waals surface area contributed by atoms with Gasteiger partial charge in [0.25, 0.3) is 5.91 Å². The molecule has 1 amide bonds. The molecule has 148 valence electrons. The van der Waals surface area contributed by atoms with Crippen LogP contribution >= 0.6 is 22.7 Å². The Morgan fingerprint density at radius 1 is 1.11 bits per heavy atom. The van der Waals surface area contributed by atoms with Gasteiger partial charge in [-0.05, 0) is 56.3 Å². The van der Waals surface area contributed by atoms with Crippen LogP contribution in [0.2, 0.25) is 0 Å². The van der Waals surface area contributed by atoms with Crippen molar-refractivity contribution in [2.45, 2.75) is 33.7 Å². The lowest BCUT2D eigenvalue weighted by Gasteiger charge is -2.18. The highest BCUT2D eigenvalue weighted by Crippen LogP contribution is 2.29. The van der Waals surface area contributed by atoms with Crippen molar-refractivity contribution in [3.05, 3.63) is 62.8 Å². The van der Waals surface area contributed by atoms with Crippen LogP contribution in [-0.4, -0.2) is 35.4 Å². The number of nitrogens with one attached hydrogen (secondary N) is 1. The van der Waals surface area contributed by atoms with Gasteiger partial charge in [-0.1, -0.05) is 26.0 Å². The third-order valence-corrected chi connectivity index (χ3v) is 6.65. The van der Waals surface area contributed by atoms with Crippen molar-refractivity contribution in [1.29, 1.82) is 0 Å². The van der Waals surface area contributed by atoms with Crippen LogP contribution < -0.4 is 5.32 Å². The van der Waals surface area contributed by atoms with Crippen LogP contribution in [0, 0.1) is 6.92 Å². The fourth-order valence-electron chi connectivity index (χ4n) is 2.99. The Kier molecular flexibility index (Phi) is 7.36. The van der Waals surface area contributed by atoms with Gasteiger partial charge in [0, 0.05) is 28.9 Å². The van der Waals surface area contributed by atoms with Crippen LogP contribution in [0.15, 0.2) is 41.8 Å². The maximum Gasteiger partial charge on any atom is 0.251 e. The zero-order valence-corrected chi connectivity index (χ0v) is 18.3. The molecule has 0 atom stereocenters. The van der Waals surface area contributed by atoms with E-state index in [-0.39, 0.29) is 5.91 Å². The largest absolute Gasteiger partial charge is 0.352 e. The molecular formula is C22H27N3OS2. The van der Waals surface area contributed by atoms with E-state index < -0.39 is 0 Å². The molecule has 0 saturated carbocycles. The number of aryl methyl sites for hydroxylation is 1. The molecule has 0 aliphatic rings. The minimum absolute atomic E-state index is 0.0127. The first-order valence-corrected chi connectivity index (χ1v) is 11.4. The molecule has 0 aliphatic heterocycles. The maximum absolute atomic E-state index is 12.4. The molecule has 1 aromatic carbocycles. The molecule has 2 aromatic heterocycles. The van der Waals surface area contributed by atoms with Gasteiger partial charge in [-0.2, -0.15) is 0 Å². The van der Waals surface area contributed by atoms with Crippen molar-refractivity contribution < 1.29 is 4.79 Å². The number of amides is 1. The van der Waals surface area contributed by atoms with Crippen LogP contribution in [0.4, 0.5) is 0 Å². The molecule has 0 spiro atoms. The van der Waals surface area contributed by atoms with Gasteiger partial charge in [-0.25, -0.2) is 4.98 Å². The summed E-state index contributed by atoms with van der Waals surface area (Å²) < 4.78 is 0. The Hall–Kier alpha value is -2.02. The van der Waals surface area contributed by atoms with Crippen molar-refractivity contribution >= 4 is 28.6 Å². The van der Waals surface area contributed by atoms with E-state index in [0.717, 1.165) is 36.8 Å². The van der Waals surface area contributed by atoms with Crippen molar-refractivity contribution in [1.82, 2.24) is 15.2 Å². The summed E-state index contributed by atoms with van der Waals surface area (Å²) in [5.74, 6) is -0.0127. The smallest absolute Gasteiger partial charge is 0.251 e. The molecule has 0 unspecified atom stereocenters. The quantitative estimate of drug-likeness (QED) is 0.537. The number of nitrogens with zero attached hydrogens (tertiary/aromatic N) is 2. The highest BCUT2D eigenvalue weighted by atomic mass is 32.1. The summed E-state index contributed by atoms with van der Waals surface area (Å²) in [6, 6.07) is 12.2. The summed E-state index contributed by atoms with van der Waals surface area (Å²) in [5.41, 5.74) is 3.00. The van der Waals surface area contributed by atoms with Gasteiger partial charge in [0.1, 0.15) is 0 Å². The molecule has 6 heteroatoms. The summed E-state index contributed by atoms with van der Waals surface area (Å²) in [4.78, 5) is 21.7. The monoisotopic (exact) mass is 413 g/mol. The fraction of sp³-hybridized carbons (Fsp3) is 0.364. The highest BCUT2D eigenvalue weighted by Gasteiger charge is 2.09. The number of thiophene rings is 1. The summed E-state index contributed by atoms with van der Waals surface area (Å²) in [6.45, 7) is 9.98. The average Bonchev–Trinajstić information content (AvgIpc) is 3.35. The van der Waals surface area contributed by atoms with E-state index in [1.807, 2.05) is 19.1 Å². The molecule has 3 aromatic rings. The SMILES string of the molecule is CCN(CC)Cc1ccc(C(=O)NCCc2ccc(-c3csc(C)n3)s2)cc1. The number of carbonyl (C=O) groups excluding carboxylic acids is 1. The second-order valence-corrected chi connectivity index (χ2v) is 8.91. The molecule has 28 heavy (non-hydrogen) atoms. The average molecular weight is 414 g/mol. The van der Waals surface area contributed by atoms with E-state index in [4.69, 9.17) is 0 Å². The van der Waals surface area contributed by atoms with Crippen LogP contribution in [0.1, 0.15) is 39.7 Å². The van der Waals surface area contributed by atoms with Gasteiger partial charge in [0.2, 0.25) is 0 Å². The molecule has 1 N–H and O–H groups in total. The molecule has 0 saturated heterocycles. The number of hydrogen-bond donors (Lipinski definition) is 1. The van der Waals surface area contributed by atoms with Crippen LogP contribution in [-0.2, 0) is 13.0 Å². The van der Waals surface area contributed by atoms with Gasteiger partial charge in [-0.15, -0.1) is 22.7 Å². The first kappa shape index (κ1) is 20.7. The molecule has 0 radical (unpaired) electrons. The van der Waals surface area contributed by atoms with E-state index in [2.05, 4.69) is 58.7 Å². The first-order chi connectivity index (χ1) is 13.6. The van der Waals surface area contributed by atoms with Gasteiger partial charge in [0.05, 0.1) is 15.6 Å². The molecule has 0 aliphatic carbocycles. The third kappa shape index (κ3) is 5.50. The van der Waals surface area contributed by atoms with Crippen LogP contribution in [0.25, 0.3) is 10.6 Å². The second kappa shape index (κ2) is 9.96. The normalized spacial score (nSPS) is 11.1. The van der Waals surface area contributed by atoms with E-state index in [1.54, 1.807) is 22.7 Å². The molecular weight excluding hydrogens is 386 g/mol. The molecule has 2 heterocycles. The van der Waals surface area contributed by atoms with Crippen molar-refractivity contribution in [3.63, 3.8) is 0 Å². The second-order valence-electron chi connectivity index (χ2n) is 6.68. The minimum Gasteiger partial charge on any atom is -0.352 e. The van der Waals surface area contributed by atoms with Crippen molar-refractivity contribution in [3.8, 4) is 10.6 Å². The number of benzene rings is 1. The number of rotatable bonds is 9. The van der Waals surface area contributed by atoms with Crippen molar-refractivity contribution in [2.75, 3.05) is 19.6 Å².